The molecule has 2 rings (SSSR count). The fourth-order valence-electron chi connectivity index (χ4n) is 3.31. The van der Waals surface area contributed by atoms with Gasteiger partial charge in [-0.15, -0.1) is 0 Å². The molecule has 26 heavy (non-hydrogen) atoms. The number of rotatable bonds is 8. The van der Waals surface area contributed by atoms with E-state index in [1.54, 1.807) is 0 Å². The third-order valence-corrected chi connectivity index (χ3v) is 4.39. The Kier molecular flexibility index (Phi) is 7.16. The van der Waals surface area contributed by atoms with Crippen molar-refractivity contribution in [1.29, 1.82) is 0 Å². The number of benzene rings is 2. The van der Waals surface area contributed by atoms with Gasteiger partial charge in [0.15, 0.2) is 0 Å². The fourth-order valence-corrected chi connectivity index (χ4v) is 3.31. The molecule has 2 aromatic rings. The molecule has 0 unspecified atom stereocenters. The highest BCUT2D eigenvalue weighted by molar-refractivity contribution is 6.38. The molecule has 0 spiro atoms. The molecule has 0 N–H and O–H groups in total. The lowest BCUT2D eigenvalue weighted by Gasteiger charge is -2.21. The first kappa shape index (κ1) is 20.4. The van der Waals surface area contributed by atoms with Gasteiger partial charge in [-0.2, -0.15) is 0 Å². The summed E-state index contributed by atoms with van der Waals surface area (Å²) < 4.78 is 18.3. The lowest BCUT2D eigenvalue weighted by Crippen LogP contribution is -2.35. The van der Waals surface area contributed by atoms with Crippen molar-refractivity contribution in [2.45, 2.75) is 61.3 Å². The SMILES string of the molecule is CCCCOB(Oc1c(C)cc(C)cc1C)Oc1c(C)cc(C)cc1C. The normalized spacial score (nSPS) is 10.7. The van der Waals surface area contributed by atoms with Crippen LogP contribution in [0, 0.1) is 41.5 Å². The predicted octanol–water partition coefficient (Wildman–Crippen LogP) is 5.80. The molecule has 0 heterocycles. The molecule has 0 aliphatic heterocycles. The van der Waals surface area contributed by atoms with E-state index in [4.69, 9.17) is 14.0 Å². The third-order valence-electron chi connectivity index (χ3n) is 4.39. The summed E-state index contributed by atoms with van der Waals surface area (Å²) in [6.07, 6.45) is 2.04. The van der Waals surface area contributed by atoms with Gasteiger partial charge in [-0.3, -0.25) is 0 Å². The quantitative estimate of drug-likeness (QED) is 0.443. The Hall–Kier alpha value is -1.94. The van der Waals surface area contributed by atoms with Crippen molar-refractivity contribution in [2.24, 2.45) is 0 Å². The Labute approximate surface area is 158 Å². The average molecular weight is 354 g/mol. The summed E-state index contributed by atoms with van der Waals surface area (Å²) in [5, 5.41) is 0. The molecular weight excluding hydrogens is 323 g/mol. The fraction of sp³-hybridized carbons (Fsp3) is 0.455. The summed E-state index contributed by atoms with van der Waals surface area (Å²) >= 11 is 0. The molecule has 4 heteroatoms. The minimum atomic E-state index is -0.762. The van der Waals surface area contributed by atoms with Crippen LogP contribution in [0.5, 0.6) is 11.5 Å². The van der Waals surface area contributed by atoms with Gasteiger partial charge in [0.05, 0.1) is 0 Å². The van der Waals surface area contributed by atoms with E-state index in [0.29, 0.717) is 6.61 Å². The first-order chi connectivity index (χ1) is 12.3. The van der Waals surface area contributed by atoms with Gasteiger partial charge < -0.3 is 14.0 Å². The zero-order valence-electron chi connectivity index (χ0n) is 17.2. The Morgan fingerprint density at radius 1 is 0.692 bits per heavy atom. The maximum absolute atomic E-state index is 6.18. The average Bonchev–Trinajstić information content (AvgIpc) is 2.53. The van der Waals surface area contributed by atoms with Crippen molar-refractivity contribution in [3.63, 3.8) is 0 Å². The highest BCUT2D eigenvalue weighted by Gasteiger charge is 2.29. The van der Waals surface area contributed by atoms with Crippen LogP contribution < -0.4 is 9.31 Å². The predicted molar refractivity (Wildman–Crippen MR) is 109 cm³/mol. The van der Waals surface area contributed by atoms with Gasteiger partial charge in [-0.1, -0.05) is 48.7 Å². The van der Waals surface area contributed by atoms with Gasteiger partial charge in [-0.25, -0.2) is 0 Å². The van der Waals surface area contributed by atoms with E-state index in [2.05, 4.69) is 72.7 Å². The van der Waals surface area contributed by atoms with Crippen molar-refractivity contribution < 1.29 is 14.0 Å². The molecule has 0 aromatic heterocycles. The molecule has 0 bridgehead atoms. The van der Waals surface area contributed by atoms with Crippen molar-refractivity contribution in [2.75, 3.05) is 6.61 Å². The van der Waals surface area contributed by atoms with Gasteiger partial charge >= 0.3 is 7.32 Å². The molecule has 0 saturated heterocycles. The summed E-state index contributed by atoms with van der Waals surface area (Å²) in [5.41, 5.74) is 6.81. The number of unbranched alkanes of at least 4 members (excludes halogenated alkanes) is 1. The summed E-state index contributed by atoms with van der Waals surface area (Å²) in [6, 6.07) is 8.48. The first-order valence-corrected chi connectivity index (χ1v) is 9.42. The van der Waals surface area contributed by atoms with Crippen LogP contribution in [0.1, 0.15) is 53.1 Å². The summed E-state index contributed by atoms with van der Waals surface area (Å²) in [5.74, 6) is 1.67. The van der Waals surface area contributed by atoms with Crippen LogP contribution in [0.3, 0.4) is 0 Å². The van der Waals surface area contributed by atoms with Gasteiger partial charge in [0.25, 0.3) is 0 Å². The lowest BCUT2D eigenvalue weighted by molar-refractivity contribution is 0.196. The molecular formula is C22H31BO3. The molecule has 0 radical (unpaired) electrons. The van der Waals surface area contributed by atoms with Crippen molar-refractivity contribution >= 4 is 7.32 Å². The molecule has 0 aliphatic rings. The van der Waals surface area contributed by atoms with E-state index in [0.717, 1.165) is 46.6 Å². The Morgan fingerprint density at radius 3 is 1.42 bits per heavy atom. The topological polar surface area (TPSA) is 27.7 Å². The summed E-state index contributed by atoms with van der Waals surface area (Å²) in [4.78, 5) is 0. The minimum absolute atomic E-state index is 0.606. The van der Waals surface area contributed by atoms with Gasteiger partial charge in [0.2, 0.25) is 0 Å². The maximum Gasteiger partial charge on any atom is 0.788 e. The van der Waals surface area contributed by atoms with Gasteiger partial charge in [-0.05, 0) is 70.2 Å². The standard InChI is InChI=1S/C22H31BO3/c1-8-9-10-24-23(25-21-17(4)11-15(2)12-18(21)5)26-22-19(6)13-16(3)14-20(22)7/h11-14H,8-10H2,1-7H3. The molecule has 3 nitrogen and oxygen atoms in total. The van der Waals surface area contributed by atoms with Crippen LogP contribution >= 0.6 is 0 Å². The lowest BCUT2D eigenvalue weighted by atomic mass is 10.0. The Morgan fingerprint density at radius 2 is 1.08 bits per heavy atom. The molecule has 0 amide bonds. The molecule has 0 saturated carbocycles. The van der Waals surface area contributed by atoms with Crippen LogP contribution in [0.15, 0.2) is 24.3 Å². The third kappa shape index (κ3) is 5.28. The van der Waals surface area contributed by atoms with Gasteiger partial charge in [0, 0.05) is 6.61 Å². The van der Waals surface area contributed by atoms with E-state index in [9.17, 15) is 0 Å². The number of hydrogen-bond donors (Lipinski definition) is 0. The molecule has 0 fully saturated rings. The van der Waals surface area contributed by atoms with E-state index in [1.165, 1.54) is 11.1 Å². The second-order valence-corrected chi connectivity index (χ2v) is 7.20. The van der Waals surface area contributed by atoms with Crippen LogP contribution in [-0.4, -0.2) is 13.9 Å². The van der Waals surface area contributed by atoms with Crippen LogP contribution in [0.4, 0.5) is 0 Å². The van der Waals surface area contributed by atoms with Crippen LogP contribution in [-0.2, 0) is 4.65 Å². The second kappa shape index (κ2) is 9.13. The number of hydrogen-bond acceptors (Lipinski definition) is 3. The zero-order chi connectivity index (χ0) is 19.3. The molecule has 140 valence electrons. The van der Waals surface area contributed by atoms with E-state index < -0.39 is 7.32 Å². The highest BCUT2D eigenvalue weighted by atomic mass is 16.7. The van der Waals surface area contributed by atoms with Crippen LogP contribution in [0.25, 0.3) is 0 Å². The van der Waals surface area contributed by atoms with Crippen LogP contribution in [0.2, 0.25) is 0 Å². The van der Waals surface area contributed by atoms with E-state index >= 15 is 0 Å². The van der Waals surface area contributed by atoms with E-state index in [-0.39, 0.29) is 0 Å². The summed E-state index contributed by atoms with van der Waals surface area (Å²) in [7, 11) is -0.762. The van der Waals surface area contributed by atoms with Gasteiger partial charge in [0.1, 0.15) is 11.5 Å². The zero-order valence-corrected chi connectivity index (χ0v) is 17.2. The molecule has 0 atom stereocenters. The maximum atomic E-state index is 6.18. The van der Waals surface area contributed by atoms with Crippen molar-refractivity contribution in [1.82, 2.24) is 0 Å². The molecule has 2 aromatic carbocycles. The largest absolute Gasteiger partial charge is 0.788 e. The Balaban J connectivity index is 2.27. The monoisotopic (exact) mass is 354 g/mol. The highest BCUT2D eigenvalue weighted by Crippen LogP contribution is 2.28. The van der Waals surface area contributed by atoms with E-state index in [1.807, 2.05) is 0 Å². The minimum Gasteiger partial charge on any atom is -0.500 e. The number of aryl methyl sites for hydroxylation is 6. The molecule has 0 aliphatic carbocycles. The summed E-state index contributed by atoms with van der Waals surface area (Å²) in [6.45, 7) is 15.2. The smallest absolute Gasteiger partial charge is 0.500 e. The van der Waals surface area contributed by atoms with Crippen molar-refractivity contribution in [3.8, 4) is 11.5 Å². The van der Waals surface area contributed by atoms with Crippen molar-refractivity contribution in [3.05, 3.63) is 57.6 Å². The second-order valence-electron chi connectivity index (χ2n) is 7.20. The Bertz CT molecular complexity index is 650. The first-order valence-electron chi connectivity index (χ1n) is 9.42.